The van der Waals surface area contributed by atoms with Gasteiger partial charge in [0.15, 0.2) is 0 Å². The summed E-state index contributed by atoms with van der Waals surface area (Å²) >= 11 is 0. The smallest absolute Gasteiger partial charge is 0.240 e. The number of rotatable bonds is 8. The third kappa shape index (κ3) is 6.87. The zero-order valence-corrected chi connectivity index (χ0v) is 9.08. The van der Waals surface area contributed by atoms with Crippen LogP contribution >= 0.6 is 0 Å². The molecule has 6 nitrogen and oxygen atoms in total. The lowest BCUT2D eigenvalue weighted by atomic mass is 10.1. The minimum absolute atomic E-state index is 0.181. The van der Waals surface area contributed by atoms with Crippen molar-refractivity contribution in [1.82, 2.24) is 10.6 Å². The molecule has 0 bridgehead atoms. The monoisotopic (exact) mass is 216 g/mol. The van der Waals surface area contributed by atoms with E-state index in [-0.39, 0.29) is 12.5 Å². The Morgan fingerprint density at radius 1 is 1.33 bits per heavy atom. The van der Waals surface area contributed by atoms with Gasteiger partial charge in [0.1, 0.15) is 6.04 Å². The molecule has 2 amide bonds. The van der Waals surface area contributed by atoms with E-state index in [4.69, 9.17) is 11.5 Å². The first-order chi connectivity index (χ1) is 7.11. The van der Waals surface area contributed by atoms with Crippen molar-refractivity contribution in [3.63, 3.8) is 0 Å². The van der Waals surface area contributed by atoms with E-state index < -0.39 is 11.9 Å². The first kappa shape index (κ1) is 13.9. The van der Waals surface area contributed by atoms with Gasteiger partial charge in [-0.05, 0) is 32.9 Å². The number of unbranched alkanes of at least 4 members (excludes halogenated alkanes) is 1. The Kier molecular flexibility index (Phi) is 7.57. The molecule has 0 aliphatic heterocycles. The van der Waals surface area contributed by atoms with Gasteiger partial charge in [-0.2, -0.15) is 0 Å². The van der Waals surface area contributed by atoms with Gasteiger partial charge in [-0.1, -0.05) is 0 Å². The molecule has 0 aromatic carbocycles. The lowest BCUT2D eigenvalue weighted by Crippen LogP contribution is -2.46. The third-order valence-electron chi connectivity index (χ3n) is 1.96. The van der Waals surface area contributed by atoms with Crippen LogP contribution in [0.25, 0.3) is 0 Å². The van der Waals surface area contributed by atoms with E-state index in [0.717, 1.165) is 12.8 Å². The molecule has 0 aromatic heterocycles. The minimum atomic E-state index is -0.586. The molecule has 0 heterocycles. The summed E-state index contributed by atoms with van der Waals surface area (Å²) in [5.41, 5.74) is 10.5. The summed E-state index contributed by atoms with van der Waals surface area (Å²) in [6.45, 7) is 0.761. The summed E-state index contributed by atoms with van der Waals surface area (Å²) in [5.74, 6) is -0.731. The lowest BCUT2D eigenvalue weighted by Gasteiger charge is -2.14. The van der Waals surface area contributed by atoms with Crippen LogP contribution in [0.1, 0.15) is 19.3 Å². The van der Waals surface area contributed by atoms with Crippen molar-refractivity contribution in [3.8, 4) is 0 Å². The maximum atomic E-state index is 11.2. The normalized spacial score (nSPS) is 12.1. The highest BCUT2D eigenvalue weighted by Gasteiger charge is 2.16. The molecule has 0 rings (SSSR count). The summed E-state index contributed by atoms with van der Waals surface area (Å²) in [6.07, 6.45) is 2.15. The Hall–Kier alpha value is -1.14. The summed E-state index contributed by atoms with van der Waals surface area (Å²) < 4.78 is 0. The van der Waals surface area contributed by atoms with E-state index >= 15 is 0 Å². The summed E-state index contributed by atoms with van der Waals surface area (Å²) in [7, 11) is 1.66. The number of nitrogens with two attached hydrogens (primary N) is 2. The molecular weight excluding hydrogens is 196 g/mol. The van der Waals surface area contributed by atoms with Crippen LogP contribution in [0.5, 0.6) is 0 Å². The van der Waals surface area contributed by atoms with Gasteiger partial charge in [-0.3, -0.25) is 9.59 Å². The maximum absolute atomic E-state index is 11.2. The largest absolute Gasteiger partial charge is 0.368 e. The second kappa shape index (κ2) is 8.19. The van der Waals surface area contributed by atoms with Crippen LogP contribution < -0.4 is 22.1 Å². The van der Waals surface area contributed by atoms with Crippen LogP contribution in [0.3, 0.4) is 0 Å². The van der Waals surface area contributed by atoms with E-state index in [1.165, 1.54) is 0 Å². The molecule has 0 radical (unpaired) electrons. The van der Waals surface area contributed by atoms with Gasteiger partial charge in [0.25, 0.3) is 0 Å². The Morgan fingerprint density at radius 2 is 2.00 bits per heavy atom. The molecule has 0 aromatic rings. The quantitative estimate of drug-likeness (QED) is 0.363. The van der Waals surface area contributed by atoms with E-state index in [2.05, 4.69) is 10.6 Å². The van der Waals surface area contributed by atoms with Crippen LogP contribution in [0.2, 0.25) is 0 Å². The highest BCUT2D eigenvalue weighted by molar-refractivity contribution is 5.87. The minimum Gasteiger partial charge on any atom is -0.368 e. The predicted molar refractivity (Wildman–Crippen MR) is 58.0 cm³/mol. The highest BCUT2D eigenvalue weighted by Crippen LogP contribution is 1.99. The average molecular weight is 216 g/mol. The number of likely N-dealkylation sites (N-methyl/N-ethyl adjacent to an activating group) is 1. The number of carbonyl (C=O) groups excluding carboxylic acids is 2. The van der Waals surface area contributed by atoms with Gasteiger partial charge in [0, 0.05) is 0 Å². The van der Waals surface area contributed by atoms with Gasteiger partial charge >= 0.3 is 0 Å². The Morgan fingerprint density at radius 3 is 2.47 bits per heavy atom. The molecule has 6 N–H and O–H groups in total. The first-order valence-corrected chi connectivity index (χ1v) is 5.05. The maximum Gasteiger partial charge on any atom is 0.240 e. The fraction of sp³-hybridized carbons (Fsp3) is 0.778. The lowest BCUT2D eigenvalue weighted by molar-refractivity contribution is -0.127. The number of carbonyl (C=O) groups is 2. The SMILES string of the molecule is CNCC(=O)N[C@H](CCCCN)C(N)=O. The van der Waals surface area contributed by atoms with Crippen molar-refractivity contribution in [1.29, 1.82) is 0 Å². The van der Waals surface area contributed by atoms with Crippen molar-refractivity contribution in [2.24, 2.45) is 11.5 Å². The van der Waals surface area contributed by atoms with Crippen molar-refractivity contribution in [3.05, 3.63) is 0 Å². The number of primary amides is 1. The van der Waals surface area contributed by atoms with Crippen LogP contribution in [0.15, 0.2) is 0 Å². The molecule has 6 heteroatoms. The van der Waals surface area contributed by atoms with Crippen LogP contribution in [0.4, 0.5) is 0 Å². The van der Waals surface area contributed by atoms with E-state index in [1.54, 1.807) is 7.05 Å². The molecule has 0 aliphatic rings. The van der Waals surface area contributed by atoms with Crippen LogP contribution in [-0.2, 0) is 9.59 Å². The molecule has 0 aliphatic carbocycles. The molecule has 88 valence electrons. The standard InChI is InChI=1S/C9H20N4O2/c1-12-6-8(14)13-7(9(11)15)4-2-3-5-10/h7,12H,2-6,10H2,1H3,(H2,11,15)(H,13,14)/t7-/m1/s1. The Balaban J connectivity index is 3.93. The van der Waals surface area contributed by atoms with Gasteiger partial charge < -0.3 is 22.1 Å². The molecule has 15 heavy (non-hydrogen) atoms. The van der Waals surface area contributed by atoms with Crippen molar-refractivity contribution < 1.29 is 9.59 Å². The second-order valence-electron chi connectivity index (χ2n) is 3.34. The first-order valence-electron chi connectivity index (χ1n) is 5.05. The van der Waals surface area contributed by atoms with E-state index in [0.29, 0.717) is 13.0 Å². The van der Waals surface area contributed by atoms with Gasteiger partial charge in [0.2, 0.25) is 11.8 Å². The van der Waals surface area contributed by atoms with Crippen molar-refractivity contribution in [2.45, 2.75) is 25.3 Å². The van der Waals surface area contributed by atoms with Crippen molar-refractivity contribution in [2.75, 3.05) is 20.1 Å². The van der Waals surface area contributed by atoms with Gasteiger partial charge in [0.05, 0.1) is 6.54 Å². The third-order valence-corrected chi connectivity index (χ3v) is 1.96. The summed E-state index contributed by atoms with van der Waals surface area (Å²) in [6, 6.07) is -0.586. The topological polar surface area (TPSA) is 110 Å². The number of hydrogen-bond acceptors (Lipinski definition) is 4. The zero-order valence-electron chi connectivity index (χ0n) is 9.08. The molecule has 0 spiro atoms. The number of amides is 2. The predicted octanol–water partition coefficient (Wildman–Crippen LogP) is -1.70. The number of hydrogen-bond donors (Lipinski definition) is 4. The van der Waals surface area contributed by atoms with Crippen LogP contribution in [-0.4, -0.2) is 38.0 Å². The molecule has 0 saturated carbocycles. The second-order valence-corrected chi connectivity index (χ2v) is 3.34. The van der Waals surface area contributed by atoms with E-state index in [1.807, 2.05) is 0 Å². The zero-order chi connectivity index (χ0) is 11.7. The molecule has 1 atom stereocenters. The number of nitrogens with one attached hydrogen (secondary N) is 2. The average Bonchev–Trinajstić information content (AvgIpc) is 2.16. The van der Waals surface area contributed by atoms with Gasteiger partial charge in [-0.15, -0.1) is 0 Å². The van der Waals surface area contributed by atoms with Crippen LogP contribution in [0, 0.1) is 0 Å². The van der Waals surface area contributed by atoms with Gasteiger partial charge in [-0.25, -0.2) is 0 Å². The van der Waals surface area contributed by atoms with Crippen molar-refractivity contribution >= 4 is 11.8 Å². The summed E-state index contributed by atoms with van der Waals surface area (Å²) in [4.78, 5) is 22.2. The fourth-order valence-corrected chi connectivity index (χ4v) is 1.18. The molecule has 0 saturated heterocycles. The summed E-state index contributed by atoms with van der Waals surface area (Å²) in [5, 5.41) is 5.25. The molecular formula is C9H20N4O2. The molecule has 0 unspecified atom stereocenters. The molecule has 0 fully saturated rings. The highest BCUT2D eigenvalue weighted by atomic mass is 16.2. The Bertz CT molecular complexity index is 208. The van der Waals surface area contributed by atoms with E-state index in [9.17, 15) is 9.59 Å². The Labute approximate surface area is 89.8 Å². The fourth-order valence-electron chi connectivity index (χ4n) is 1.18.